The highest BCUT2D eigenvalue weighted by Crippen LogP contribution is 2.47. The van der Waals surface area contributed by atoms with Gasteiger partial charge in [-0.05, 0) is 45.9 Å². The van der Waals surface area contributed by atoms with Crippen molar-refractivity contribution in [3.05, 3.63) is 107 Å². The first-order valence-electron chi connectivity index (χ1n) is 11.4. The van der Waals surface area contributed by atoms with Crippen molar-refractivity contribution in [1.29, 1.82) is 0 Å². The van der Waals surface area contributed by atoms with Crippen molar-refractivity contribution < 1.29 is 19.1 Å². The molecule has 0 radical (unpaired) electrons. The third-order valence-electron chi connectivity index (χ3n) is 6.37. The van der Waals surface area contributed by atoms with E-state index in [4.69, 9.17) is 9.47 Å². The van der Waals surface area contributed by atoms with Crippen LogP contribution in [-0.4, -0.2) is 11.8 Å². The highest BCUT2D eigenvalue weighted by molar-refractivity contribution is 6.38. The molecule has 0 spiro atoms. The number of hydrogen-bond donors (Lipinski definition) is 0. The van der Waals surface area contributed by atoms with Crippen molar-refractivity contribution in [3.8, 4) is 5.75 Å². The molecule has 3 aromatic rings. The van der Waals surface area contributed by atoms with Gasteiger partial charge in [0, 0.05) is 12.2 Å². The largest absolute Gasteiger partial charge is 0.489 e. The number of benzene rings is 3. The highest BCUT2D eigenvalue weighted by Gasteiger charge is 2.45. The van der Waals surface area contributed by atoms with E-state index in [1.165, 1.54) is 11.8 Å². The molecule has 1 unspecified atom stereocenters. The van der Waals surface area contributed by atoms with Crippen molar-refractivity contribution in [3.63, 3.8) is 0 Å². The minimum absolute atomic E-state index is 0.0759. The summed E-state index contributed by atoms with van der Waals surface area (Å²) in [6.45, 7) is 7.55. The number of ether oxygens (including phenoxy) is 2. The lowest BCUT2D eigenvalue weighted by Gasteiger charge is -2.25. The van der Waals surface area contributed by atoms with E-state index in [-0.39, 0.29) is 5.41 Å². The molecule has 0 saturated heterocycles. The van der Waals surface area contributed by atoms with Crippen molar-refractivity contribution in [1.82, 2.24) is 0 Å². The molecule has 2 aliphatic heterocycles. The van der Waals surface area contributed by atoms with Gasteiger partial charge in [-0.1, -0.05) is 75.4 Å². The minimum Gasteiger partial charge on any atom is -0.489 e. The number of hydrogen-bond acceptors (Lipinski definition) is 5. The molecule has 0 aliphatic carbocycles. The zero-order valence-corrected chi connectivity index (χ0v) is 19.6. The monoisotopic (exact) mass is 453 g/mol. The quantitative estimate of drug-likeness (QED) is 0.370. The molecule has 0 fully saturated rings. The van der Waals surface area contributed by atoms with Gasteiger partial charge in [0.05, 0.1) is 11.6 Å². The van der Waals surface area contributed by atoms with Crippen LogP contribution < -0.4 is 9.64 Å². The molecule has 0 aromatic heterocycles. The van der Waals surface area contributed by atoms with E-state index in [0.29, 0.717) is 24.6 Å². The molecule has 3 aromatic carbocycles. The molecule has 34 heavy (non-hydrogen) atoms. The Balaban J connectivity index is 1.45. The van der Waals surface area contributed by atoms with Crippen LogP contribution in [0.3, 0.4) is 0 Å². The Labute approximate surface area is 199 Å². The third-order valence-corrected chi connectivity index (χ3v) is 6.37. The number of Topliss-reactive ketones (excluding diaryl/α,β-unsaturated/α-hetero) is 1. The highest BCUT2D eigenvalue weighted by atomic mass is 16.5. The molecule has 0 saturated carbocycles. The summed E-state index contributed by atoms with van der Waals surface area (Å²) >= 11 is 0. The molecule has 5 rings (SSSR count). The van der Waals surface area contributed by atoms with Gasteiger partial charge in [-0.25, -0.2) is 4.79 Å². The molecule has 2 heterocycles. The minimum atomic E-state index is -0.827. The van der Waals surface area contributed by atoms with E-state index < -0.39 is 17.7 Å². The SMILES string of the molecule is CC(C)(C)c1ccc(CN2C3=COC(=O)C(=O)C3c3cc(OCc4ccccc4)ccc32)cc1. The van der Waals surface area contributed by atoms with E-state index >= 15 is 0 Å². The number of nitrogens with zero attached hydrogens (tertiary/aromatic N) is 1. The molecule has 0 bridgehead atoms. The summed E-state index contributed by atoms with van der Waals surface area (Å²) in [5, 5.41) is 0. The number of cyclic esters (lactones) is 1. The van der Waals surface area contributed by atoms with Gasteiger partial charge >= 0.3 is 5.97 Å². The predicted molar refractivity (Wildman–Crippen MR) is 130 cm³/mol. The fourth-order valence-electron chi connectivity index (χ4n) is 4.46. The Hall–Kier alpha value is -3.86. The summed E-state index contributed by atoms with van der Waals surface area (Å²) in [5.74, 6) is -1.40. The zero-order chi connectivity index (χ0) is 23.9. The van der Waals surface area contributed by atoms with E-state index in [9.17, 15) is 9.59 Å². The summed E-state index contributed by atoms with van der Waals surface area (Å²) in [5.41, 5.74) is 5.83. The smallest absolute Gasteiger partial charge is 0.380 e. The van der Waals surface area contributed by atoms with Gasteiger partial charge in [-0.15, -0.1) is 0 Å². The lowest BCUT2D eigenvalue weighted by atomic mass is 9.87. The standard InChI is InChI=1S/C29H27NO4/c1-29(2,3)21-11-9-19(10-12-21)16-30-24-14-13-22(33-17-20-7-5-4-6-8-20)15-23(24)26-25(30)18-34-28(32)27(26)31/h4-15,18,26H,16-17H2,1-3H3. The maximum absolute atomic E-state index is 12.8. The van der Waals surface area contributed by atoms with Crippen molar-refractivity contribution in [2.45, 2.75) is 45.3 Å². The summed E-state index contributed by atoms with van der Waals surface area (Å²) in [6, 6.07) is 24.1. The molecule has 5 nitrogen and oxygen atoms in total. The number of carbonyl (C=O) groups is 2. The molecular formula is C29H27NO4. The van der Waals surface area contributed by atoms with Crippen LogP contribution in [0.2, 0.25) is 0 Å². The van der Waals surface area contributed by atoms with E-state index in [1.54, 1.807) is 0 Å². The second-order valence-corrected chi connectivity index (χ2v) is 9.77. The Kier molecular flexibility index (Phi) is 5.48. The fourth-order valence-corrected chi connectivity index (χ4v) is 4.46. The first-order valence-corrected chi connectivity index (χ1v) is 11.4. The molecule has 2 aliphatic rings. The number of ketones is 1. The average Bonchev–Trinajstić information content (AvgIpc) is 3.14. The second-order valence-electron chi connectivity index (χ2n) is 9.77. The van der Waals surface area contributed by atoms with E-state index in [0.717, 1.165) is 22.4 Å². The van der Waals surface area contributed by atoms with Crippen LogP contribution in [0, 0.1) is 0 Å². The number of carbonyl (C=O) groups excluding carboxylic acids is 2. The van der Waals surface area contributed by atoms with Gasteiger partial charge in [0.1, 0.15) is 18.6 Å². The summed E-state index contributed by atoms with van der Waals surface area (Å²) in [7, 11) is 0. The summed E-state index contributed by atoms with van der Waals surface area (Å²) < 4.78 is 11.1. The predicted octanol–water partition coefficient (Wildman–Crippen LogP) is 5.63. The summed E-state index contributed by atoms with van der Waals surface area (Å²) in [6.07, 6.45) is 1.42. The van der Waals surface area contributed by atoms with Crippen molar-refractivity contribution in [2.75, 3.05) is 4.90 Å². The molecule has 5 heteroatoms. The molecule has 0 N–H and O–H groups in total. The van der Waals surface area contributed by atoms with Gasteiger partial charge in [0.2, 0.25) is 0 Å². The number of esters is 1. The average molecular weight is 454 g/mol. The van der Waals surface area contributed by atoms with Crippen LogP contribution in [-0.2, 0) is 32.9 Å². The maximum Gasteiger partial charge on any atom is 0.380 e. The first kappa shape index (κ1) is 22.0. The van der Waals surface area contributed by atoms with Crippen molar-refractivity contribution >= 4 is 17.4 Å². The number of anilines is 1. The second kappa shape index (κ2) is 8.49. The number of rotatable bonds is 5. The summed E-state index contributed by atoms with van der Waals surface area (Å²) in [4.78, 5) is 27.0. The van der Waals surface area contributed by atoms with Gasteiger partial charge in [-0.3, -0.25) is 4.79 Å². The maximum atomic E-state index is 12.8. The van der Waals surface area contributed by atoms with Gasteiger partial charge in [0.15, 0.2) is 0 Å². The van der Waals surface area contributed by atoms with Crippen LogP contribution in [0.5, 0.6) is 5.75 Å². The van der Waals surface area contributed by atoms with E-state index in [2.05, 4.69) is 49.9 Å². The number of allylic oxidation sites excluding steroid dienone is 1. The van der Waals surface area contributed by atoms with Gasteiger partial charge in [-0.2, -0.15) is 0 Å². The van der Waals surface area contributed by atoms with Crippen LogP contribution >= 0.6 is 0 Å². The Morgan fingerprint density at radius 2 is 1.65 bits per heavy atom. The lowest BCUT2D eigenvalue weighted by molar-refractivity contribution is -0.151. The first-order chi connectivity index (χ1) is 16.3. The fraction of sp³-hybridized carbons (Fsp3) is 0.241. The normalized spacial score (nSPS) is 17.1. The van der Waals surface area contributed by atoms with Crippen molar-refractivity contribution in [2.24, 2.45) is 0 Å². The van der Waals surface area contributed by atoms with Crippen LogP contribution in [0.4, 0.5) is 5.69 Å². The van der Waals surface area contributed by atoms with Crippen LogP contribution in [0.1, 0.15) is 48.9 Å². The topological polar surface area (TPSA) is 55.8 Å². The van der Waals surface area contributed by atoms with Gasteiger partial charge < -0.3 is 14.4 Å². The third kappa shape index (κ3) is 4.10. The van der Waals surface area contributed by atoms with Gasteiger partial charge in [0.25, 0.3) is 5.78 Å². The molecule has 1 atom stereocenters. The van der Waals surface area contributed by atoms with Crippen LogP contribution in [0.25, 0.3) is 0 Å². The van der Waals surface area contributed by atoms with E-state index in [1.807, 2.05) is 48.5 Å². The number of fused-ring (bicyclic) bond motifs is 3. The Morgan fingerprint density at radius 1 is 0.912 bits per heavy atom. The van der Waals surface area contributed by atoms with Crippen LogP contribution in [0.15, 0.2) is 84.8 Å². The Bertz CT molecular complexity index is 1270. The molecule has 0 amide bonds. The lowest BCUT2D eigenvalue weighted by Crippen LogP contribution is -2.31. The zero-order valence-electron chi connectivity index (χ0n) is 19.6. The Morgan fingerprint density at radius 3 is 2.35 bits per heavy atom. The molecular weight excluding hydrogens is 426 g/mol. The molecule has 172 valence electrons.